The predicted molar refractivity (Wildman–Crippen MR) is 61.2 cm³/mol. The van der Waals surface area contributed by atoms with Crippen LogP contribution in [0.3, 0.4) is 0 Å². The zero-order valence-corrected chi connectivity index (χ0v) is 9.45. The van der Waals surface area contributed by atoms with E-state index >= 15 is 0 Å². The molecule has 0 bridgehead atoms. The van der Waals surface area contributed by atoms with Crippen LogP contribution in [0.4, 0.5) is 5.69 Å². The van der Waals surface area contributed by atoms with Gasteiger partial charge in [0.1, 0.15) is 0 Å². The fraction of sp³-hybridized carbons (Fsp3) is 0.455. The molecule has 0 aliphatic heterocycles. The first-order chi connectivity index (χ1) is 7.13. The molecule has 1 rings (SSSR count). The van der Waals surface area contributed by atoms with Gasteiger partial charge in [-0.25, -0.2) is 0 Å². The standard InChI is InChI=1S/C11H18N2O2/c1-4-13(5-2)9-7-10(14)11(15-12)6-8(9)3/h6-7,14H,4-5,12H2,1-3H3. The van der Waals surface area contributed by atoms with Gasteiger partial charge in [0.2, 0.25) is 0 Å². The first-order valence-electron chi connectivity index (χ1n) is 5.09. The second-order valence-electron chi connectivity index (χ2n) is 3.40. The highest BCUT2D eigenvalue weighted by Crippen LogP contribution is 2.33. The van der Waals surface area contributed by atoms with Crippen molar-refractivity contribution in [2.24, 2.45) is 5.90 Å². The average Bonchev–Trinajstić information content (AvgIpc) is 2.24. The van der Waals surface area contributed by atoms with Crippen LogP contribution >= 0.6 is 0 Å². The lowest BCUT2D eigenvalue weighted by Gasteiger charge is -2.23. The predicted octanol–water partition coefficient (Wildman–Crippen LogP) is 1.80. The number of aromatic hydroxyl groups is 1. The minimum Gasteiger partial charge on any atom is -0.504 e. The van der Waals surface area contributed by atoms with Crippen LogP contribution in [0.1, 0.15) is 19.4 Å². The number of rotatable bonds is 4. The van der Waals surface area contributed by atoms with Crippen LogP contribution in [-0.4, -0.2) is 18.2 Å². The molecule has 0 aliphatic rings. The van der Waals surface area contributed by atoms with Crippen molar-refractivity contribution in [1.82, 2.24) is 0 Å². The molecule has 0 saturated carbocycles. The van der Waals surface area contributed by atoms with Gasteiger partial charge in [-0.15, -0.1) is 0 Å². The molecule has 0 radical (unpaired) electrons. The number of hydrogen-bond donors (Lipinski definition) is 2. The molecule has 0 aliphatic carbocycles. The van der Waals surface area contributed by atoms with E-state index in [1.54, 1.807) is 12.1 Å². The molecule has 0 saturated heterocycles. The van der Waals surface area contributed by atoms with Gasteiger partial charge in [-0.3, -0.25) is 0 Å². The van der Waals surface area contributed by atoms with Gasteiger partial charge in [-0.1, -0.05) is 0 Å². The molecule has 0 unspecified atom stereocenters. The maximum atomic E-state index is 9.62. The molecule has 0 aromatic heterocycles. The summed E-state index contributed by atoms with van der Waals surface area (Å²) in [5.41, 5.74) is 2.05. The summed E-state index contributed by atoms with van der Waals surface area (Å²) in [5.74, 6) is 5.42. The second kappa shape index (κ2) is 4.89. The fourth-order valence-electron chi connectivity index (χ4n) is 1.66. The largest absolute Gasteiger partial charge is 0.504 e. The van der Waals surface area contributed by atoms with E-state index < -0.39 is 0 Å². The molecular formula is C11H18N2O2. The molecule has 0 amide bonds. The number of phenolic OH excluding ortho intramolecular Hbond substituents is 1. The monoisotopic (exact) mass is 210 g/mol. The maximum absolute atomic E-state index is 9.62. The van der Waals surface area contributed by atoms with Crippen LogP contribution < -0.4 is 15.6 Å². The fourth-order valence-corrected chi connectivity index (χ4v) is 1.66. The van der Waals surface area contributed by atoms with Crippen molar-refractivity contribution in [1.29, 1.82) is 0 Å². The minimum atomic E-state index is 0.0741. The van der Waals surface area contributed by atoms with Crippen molar-refractivity contribution >= 4 is 5.69 Å². The van der Waals surface area contributed by atoms with Gasteiger partial charge in [-0.2, -0.15) is 5.90 Å². The van der Waals surface area contributed by atoms with Crippen LogP contribution in [0, 0.1) is 6.92 Å². The molecule has 1 aromatic carbocycles. The van der Waals surface area contributed by atoms with Crippen molar-refractivity contribution in [2.45, 2.75) is 20.8 Å². The second-order valence-corrected chi connectivity index (χ2v) is 3.40. The highest BCUT2D eigenvalue weighted by molar-refractivity contribution is 5.61. The Morgan fingerprint density at radius 1 is 1.33 bits per heavy atom. The summed E-state index contributed by atoms with van der Waals surface area (Å²) in [6.07, 6.45) is 0. The molecule has 0 fully saturated rings. The third-order valence-electron chi connectivity index (χ3n) is 2.51. The Kier molecular flexibility index (Phi) is 3.80. The number of anilines is 1. The summed E-state index contributed by atoms with van der Waals surface area (Å²) in [6, 6.07) is 3.42. The quantitative estimate of drug-likeness (QED) is 0.744. The molecule has 0 atom stereocenters. The first kappa shape index (κ1) is 11.7. The van der Waals surface area contributed by atoms with E-state index in [4.69, 9.17) is 5.90 Å². The number of aryl methyl sites for hydroxylation is 1. The van der Waals surface area contributed by atoms with Gasteiger partial charge in [-0.05, 0) is 32.4 Å². The summed E-state index contributed by atoms with van der Waals surface area (Å²) < 4.78 is 0. The van der Waals surface area contributed by atoms with Crippen LogP contribution in [0.15, 0.2) is 12.1 Å². The zero-order chi connectivity index (χ0) is 11.4. The number of hydrogen-bond acceptors (Lipinski definition) is 4. The Bertz CT molecular complexity index is 336. The summed E-state index contributed by atoms with van der Waals surface area (Å²) in [7, 11) is 0. The van der Waals surface area contributed by atoms with Crippen molar-refractivity contribution < 1.29 is 9.94 Å². The van der Waals surface area contributed by atoms with E-state index in [2.05, 4.69) is 23.6 Å². The van der Waals surface area contributed by atoms with Gasteiger partial charge in [0.15, 0.2) is 11.5 Å². The lowest BCUT2D eigenvalue weighted by Crippen LogP contribution is -2.22. The molecule has 4 heteroatoms. The summed E-state index contributed by atoms with van der Waals surface area (Å²) in [4.78, 5) is 6.72. The Hall–Kier alpha value is -1.42. The average molecular weight is 210 g/mol. The van der Waals surface area contributed by atoms with E-state index in [0.29, 0.717) is 5.75 Å². The van der Waals surface area contributed by atoms with Gasteiger partial charge in [0.25, 0.3) is 0 Å². The molecule has 0 spiro atoms. The maximum Gasteiger partial charge on any atom is 0.188 e. The van der Waals surface area contributed by atoms with Crippen LogP contribution in [0.5, 0.6) is 11.5 Å². The third kappa shape index (κ3) is 2.33. The Morgan fingerprint density at radius 3 is 2.40 bits per heavy atom. The van der Waals surface area contributed by atoms with E-state index in [-0.39, 0.29) is 5.75 Å². The van der Waals surface area contributed by atoms with E-state index in [9.17, 15) is 5.11 Å². The SMILES string of the molecule is CCN(CC)c1cc(O)c(ON)cc1C. The Balaban J connectivity index is 3.14. The van der Waals surface area contributed by atoms with Crippen molar-refractivity contribution in [3.05, 3.63) is 17.7 Å². The van der Waals surface area contributed by atoms with Gasteiger partial charge in [0, 0.05) is 24.8 Å². The minimum absolute atomic E-state index is 0.0741. The highest BCUT2D eigenvalue weighted by Gasteiger charge is 2.11. The Morgan fingerprint density at radius 2 is 1.93 bits per heavy atom. The normalized spacial score (nSPS) is 10.1. The van der Waals surface area contributed by atoms with Crippen molar-refractivity contribution in [3.8, 4) is 11.5 Å². The number of nitrogens with two attached hydrogens (primary N) is 1. The third-order valence-corrected chi connectivity index (χ3v) is 2.51. The smallest absolute Gasteiger partial charge is 0.188 e. The van der Waals surface area contributed by atoms with E-state index in [0.717, 1.165) is 24.3 Å². The number of benzene rings is 1. The summed E-state index contributed by atoms with van der Waals surface area (Å²) in [5, 5.41) is 9.62. The van der Waals surface area contributed by atoms with Gasteiger partial charge >= 0.3 is 0 Å². The molecule has 84 valence electrons. The molecule has 1 aromatic rings. The van der Waals surface area contributed by atoms with E-state index in [1.807, 2.05) is 6.92 Å². The van der Waals surface area contributed by atoms with E-state index in [1.165, 1.54) is 0 Å². The highest BCUT2D eigenvalue weighted by atomic mass is 16.6. The molecular weight excluding hydrogens is 192 g/mol. The van der Waals surface area contributed by atoms with Crippen LogP contribution in [0.2, 0.25) is 0 Å². The lowest BCUT2D eigenvalue weighted by molar-refractivity contribution is 0.312. The van der Waals surface area contributed by atoms with Gasteiger partial charge in [0.05, 0.1) is 0 Å². The lowest BCUT2D eigenvalue weighted by atomic mass is 10.1. The van der Waals surface area contributed by atoms with Crippen LogP contribution in [-0.2, 0) is 0 Å². The molecule has 0 heterocycles. The summed E-state index contributed by atoms with van der Waals surface area (Å²) in [6.45, 7) is 7.93. The molecule has 3 N–H and O–H groups in total. The summed E-state index contributed by atoms with van der Waals surface area (Å²) >= 11 is 0. The zero-order valence-electron chi connectivity index (χ0n) is 9.45. The van der Waals surface area contributed by atoms with Gasteiger partial charge < -0.3 is 14.8 Å². The van der Waals surface area contributed by atoms with Crippen molar-refractivity contribution in [2.75, 3.05) is 18.0 Å². The first-order valence-corrected chi connectivity index (χ1v) is 5.09. The van der Waals surface area contributed by atoms with Crippen LogP contribution in [0.25, 0.3) is 0 Å². The molecule has 15 heavy (non-hydrogen) atoms. The number of phenols is 1. The molecule has 4 nitrogen and oxygen atoms in total. The van der Waals surface area contributed by atoms with Crippen molar-refractivity contribution in [3.63, 3.8) is 0 Å². The number of nitrogens with zero attached hydrogens (tertiary/aromatic N) is 1. The Labute approximate surface area is 90.2 Å². The topological polar surface area (TPSA) is 58.7 Å².